The Kier molecular flexibility index (Phi) is 15.5. The molecule has 2 aromatic heterocycles. The standard InChI is InChI=1S/C21H20N4O2.C7H12N2S.C2H6.CH3Br/c1-14-8-16(2-3-17(14)10-23-13-26)21(25-12-22)20-9-18(11-24-20)15-4-6-19(27)7-5-15;1-5-8-6(9-10-5)7(2,3)4;2*1-2/h2-9,11-13,22,24,27H,10H2,1H3,(H,23,26);1-4H3;1-2H3;1H3. The third kappa shape index (κ3) is 11.0. The van der Waals surface area contributed by atoms with Crippen LogP contribution in [0.5, 0.6) is 5.75 Å². The maximum Gasteiger partial charge on any atom is 0.207 e. The summed E-state index contributed by atoms with van der Waals surface area (Å²) in [6, 6.07) is 14.8. The van der Waals surface area contributed by atoms with Gasteiger partial charge in [-0.25, -0.2) is 9.98 Å². The molecule has 0 spiro atoms. The number of phenolic OH excluding ortho intramolecular Hbond substituents is 1. The molecule has 1 amide bonds. The molecule has 4 N–H and O–H groups in total. The van der Waals surface area contributed by atoms with Gasteiger partial charge < -0.3 is 15.4 Å². The first-order chi connectivity index (χ1) is 19.6. The Hall–Kier alpha value is -3.63. The molecule has 8 nitrogen and oxygen atoms in total. The molecule has 220 valence electrons. The molecule has 0 bridgehead atoms. The minimum atomic E-state index is 0.102. The van der Waals surface area contributed by atoms with Crippen LogP contribution in [-0.2, 0) is 16.8 Å². The lowest BCUT2D eigenvalue weighted by Crippen LogP contribution is -2.12. The van der Waals surface area contributed by atoms with Crippen molar-refractivity contribution in [3.05, 3.63) is 87.9 Å². The fraction of sp³-hybridized carbons (Fsp3) is 0.323. The normalized spacial score (nSPS) is 10.6. The van der Waals surface area contributed by atoms with E-state index in [2.05, 4.69) is 61.4 Å². The lowest BCUT2D eigenvalue weighted by Gasteiger charge is -2.11. The number of carbonyl (C=O) groups is 1. The highest BCUT2D eigenvalue weighted by Gasteiger charge is 2.18. The van der Waals surface area contributed by atoms with Crippen molar-refractivity contribution in [2.75, 3.05) is 5.83 Å². The second kappa shape index (κ2) is 17.9. The first-order valence-corrected chi connectivity index (χ1v) is 15.5. The Morgan fingerprint density at radius 1 is 1.10 bits per heavy atom. The number of carbonyl (C=O) groups excluding carboxylic acids is 1. The second-order valence-electron chi connectivity index (χ2n) is 9.48. The first-order valence-electron chi connectivity index (χ1n) is 13.1. The van der Waals surface area contributed by atoms with Crippen LogP contribution in [0.4, 0.5) is 0 Å². The van der Waals surface area contributed by atoms with Crippen molar-refractivity contribution in [2.24, 2.45) is 4.99 Å². The van der Waals surface area contributed by atoms with E-state index in [1.165, 1.54) is 11.5 Å². The van der Waals surface area contributed by atoms with Gasteiger partial charge in [0, 0.05) is 23.7 Å². The molecular formula is C31H41BrN6O2S. The van der Waals surface area contributed by atoms with Crippen molar-refractivity contribution >= 4 is 45.9 Å². The number of aromatic amines is 1. The fourth-order valence-electron chi connectivity index (χ4n) is 3.51. The highest BCUT2D eigenvalue weighted by atomic mass is 79.9. The summed E-state index contributed by atoms with van der Waals surface area (Å²) in [7, 11) is 0. The summed E-state index contributed by atoms with van der Waals surface area (Å²) in [5.41, 5.74) is 6.42. The number of aromatic nitrogens is 3. The number of amides is 1. The number of H-pyrrole nitrogens is 1. The highest BCUT2D eigenvalue weighted by molar-refractivity contribution is 9.08. The Balaban J connectivity index is 0.000000501. The summed E-state index contributed by atoms with van der Waals surface area (Å²) in [6.07, 6.45) is 3.57. The predicted octanol–water partition coefficient (Wildman–Crippen LogP) is 7.57. The average Bonchev–Trinajstić information content (AvgIpc) is 3.64. The number of hydrogen-bond donors (Lipinski definition) is 4. The van der Waals surface area contributed by atoms with E-state index >= 15 is 0 Å². The van der Waals surface area contributed by atoms with Crippen LogP contribution in [0.25, 0.3) is 11.1 Å². The summed E-state index contributed by atoms with van der Waals surface area (Å²) in [6.45, 7) is 14.8. The average molecular weight is 642 g/mol. The van der Waals surface area contributed by atoms with Gasteiger partial charge in [0.2, 0.25) is 6.41 Å². The predicted molar refractivity (Wildman–Crippen MR) is 176 cm³/mol. The van der Waals surface area contributed by atoms with E-state index in [9.17, 15) is 9.90 Å². The first kappa shape index (κ1) is 35.4. The van der Waals surface area contributed by atoms with Crippen LogP contribution in [0.1, 0.15) is 67.8 Å². The van der Waals surface area contributed by atoms with Gasteiger partial charge >= 0.3 is 0 Å². The van der Waals surface area contributed by atoms with Gasteiger partial charge in [0.05, 0.1) is 11.4 Å². The highest BCUT2D eigenvalue weighted by Crippen LogP contribution is 2.24. The third-order valence-corrected chi connectivity index (χ3v) is 6.14. The van der Waals surface area contributed by atoms with E-state index in [1.807, 2.05) is 76.1 Å². The van der Waals surface area contributed by atoms with Crippen LogP contribution in [-0.4, -0.2) is 43.7 Å². The zero-order chi connectivity index (χ0) is 31.0. The van der Waals surface area contributed by atoms with Gasteiger partial charge in [-0.05, 0) is 77.7 Å². The van der Waals surface area contributed by atoms with Gasteiger partial charge in [-0.15, -0.1) is 0 Å². The van der Waals surface area contributed by atoms with Crippen LogP contribution >= 0.6 is 27.5 Å². The van der Waals surface area contributed by atoms with E-state index in [0.29, 0.717) is 18.7 Å². The lowest BCUT2D eigenvalue weighted by molar-refractivity contribution is -0.109. The third-order valence-electron chi connectivity index (χ3n) is 5.52. The van der Waals surface area contributed by atoms with Crippen LogP contribution in [0.3, 0.4) is 0 Å². The van der Waals surface area contributed by atoms with E-state index in [4.69, 9.17) is 5.41 Å². The molecule has 0 aliphatic carbocycles. The minimum Gasteiger partial charge on any atom is -0.508 e. The largest absolute Gasteiger partial charge is 0.508 e. The number of nitrogens with one attached hydrogen (secondary N) is 3. The smallest absolute Gasteiger partial charge is 0.207 e. The second-order valence-corrected chi connectivity index (χ2v) is 10.4. The molecule has 0 aliphatic rings. The number of rotatable bonds is 7. The molecule has 0 fully saturated rings. The molecule has 0 aliphatic heterocycles. The summed E-state index contributed by atoms with van der Waals surface area (Å²) >= 11 is 4.41. The molecule has 2 aromatic carbocycles. The molecule has 0 saturated carbocycles. The Labute approximate surface area is 256 Å². The summed E-state index contributed by atoms with van der Waals surface area (Å²) in [4.78, 5) is 22.2. The van der Waals surface area contributed by atoms with Gasteiger partial charge in [-0.3, -0.25) is 10.2 Å². The number of alkyl halides is 1. The molecule has 0 atom stereocenters. The van der Waals surface area contributed by atoms with Gasteiger partial charge in [0.15, 0.2) is 0 Å². The minimum absolute atomic E-state index is 0.102. The van der Waals surface area contributed by atoms with Crippen molar-refractivity contribution in [1.82, 2.24) is 19.7 Å². The lowest BCUT2D eigenvalue weighted by atomic mass is 9.96. The van der Waals surface area contributed by atoms with Crippen LogP contribution in [0, 0.1) is 19.3 Å². The maximum atomic E-state index is 10.5. The monoisotopic (exact) mass is 640 g/mol. The number of phenols is 1. The number of aromatic hydroxyl groups is 1. The SMILES string of the molecule is CBr.CC.Cc1cc(C(=NC=N)c2cc(-c3ccc(O)cc3)c[nH]2)ccc1CNC=O.Cc1nc(C(C)(C)C)ns1. The van der Waals surface area contributed by atoms with Crippen LogP contribution in [0.15, 0.2) is 59.7 Å². The molecular weight excluding hydrogens is 600 g/mol. The fourth-order valence-corrected chi connectivity index (χ4v) is 4.17. The zero-order valence-electron chi connectivity index (χ0n) is 25.0. The van der Waals surface area contributed by atoms with E-state index < -0.39 is 0 Å². The van der Waals surface area contributed by atoms with Crippen molar-refractivity contribution in [2.45, 2.75) is 60.4 Å². The van der Waals surface area contributed by atoms with Gasteiger partial charge in [-0.2, -0.15) is 4.37 Å². The quantitative estimate of drug-likeness (QED) is 0.0719. The van der Waals surface area contributed by atoms with Crippen molar-refractivity contribution in [3.63, 3.8) is 0 Å². The van der Waals surface area contributed by atoms with Gasteiger partial charge in [0.1, 0.15) is 22.9 Å². The maximum absolute atomic E-state index is 10.5. The molecule has 0 radical (unpaired) electrons. The van der Waals surface area contributed by atoms with Crippen LogP contribution in [0.2, 0.25) is 0 Å². The van der Waals surface area contributed by atoms with Gasteiger partial charge in [0.25, 0.3) is 0 Å². The summed E-state index contributed by atoms with van der Waals surface area (Å²) in [5.74, 6) is 2.99. The number of benzene rings is 2. The molecule has 10 heteroatoms. The van der Waals surface area contributed by atoms with Crippen molar-refractivity contribution in [1.29, 1.82) is 5.41 Å². The molecule has 0 unspecified atom stereocenters. The summed E-state index contributed by atoms with van der Waals surface area (Å²) in [5, 5.41) is 20.6. The number of hydrogen-bond acceptors (Lipinski definition) is 6. The topological polar surface area (TPSA) is 127 Å². The number of halogens is 1. The molecule has 41 heavy (non-hydrogen) atoms. The molecule has 0 saturated heterocycles. The molecule has 4 rings (SSSR count). The molecule has 4 aromatic rings. The molecule has 2 heterocycles. The van der Waals surface area contributed by atoms with Crippen molar-refractivity contribution in [3.8, 4) is 16.9 Å². The summed E-state index contributed by atoms with van der Waals surface area (Å²) < 4.78 is 4.22. The zero-order valence-corrected chi connectivity index (χ0v) is 27.4. The number of aryl methyl sites for hydroxylation is 2. The van der Waals surface area contributed by atoms with Crippen LogP contribution < -0.4 is 5.32 Å². The Bertz CT molecular complexity index is 1390. The van der Waals surface area contributed by atoms with Crippen molar-refractivity contribution < 1.29 is 9.90 Å². The van der Waals surface area contributed by atoms with Gasteiger partial charge in [-0.1, -0.05) is 74.8 Å². The number of nitrogens with zero attached hydrogens (tertiary/aromatic N) is 3. The van der Waals surface area contributed by atoms with E-state index in [0.717, 1.165) is 50.7 Å². The Morgan fingerprint density at radius 2 is 1.76 bits per heavy atom. The van der Waals surface area contributed by atoms with E-state index in [1.54, 1.807) is 12.1 Å². The van der Waals surface area contributed by atoms with E-state index in [-0.39, 0.29) is 11.2 Å². The number of aliphatic imine (C=N–C) groups is 1. The Morgan fingerprint density at radius 3 is 2.24 bits per heavy atom.